The van der Waals surface area contributed by atoms with Gasteiger partial charge in [0.2, 0.25) is 10.0 Å². The van der Waals surface area contributed by atoms with Crippen LogP contribution in [0.4, 0.5) is 5.69 Å². The summed E-state index contributed by atoms with van der Waals surface area (Å²) in [6, 6.07) is 23.7. The van der Waals surface area contributed by atoms with E-state index in [4.69, 9.17) is 0 Å². The maximum absolute atomic E-state index is 11.6. The molecule has 0 saturated heterocycles. The third kappa shape index (κ3) is 4.23. The normalized spacial score (nSPS) is 14.4. The van der Waals surface area contributed by atoms with Crippen molar-refractivity contribution in [3.8, 4) is 6.07 Å². The number of nitrogens with zero attached hydrogens (tertiary/aromatic N) is 1. The lowest BCUT2D eigenvalue weighted by atomic mass is 9.91. The molecule has 0 unspecified atom stereocenters. The van der Waals surface area contributed by atoms with Crippen LogP contribution in [0.1, 0.15) is 33.4 Å². The van der Waals surface area contributed by atoms with E-state index in [1.54, 1.807) is 6.07 Å². The topological polar surface area (TPSA) is 70.0 Å². The summed E-state index contributed by atoms with van der Waals surface area (Å²) >= 11 is 0. The van der Waals surface area contributed by atoms with E-state index < -0.39 is 10.0 Å². The van der Waals surface area contributed by atoms with Gasteiger partial charge in [-0.2, -0.15) is 5.26 Å². The van der Waals surface area contributed by atoms with E-state index in [1.807, 2.05) is 48.5 Å². The van der Waals surface area contributed by atoms with E-state index >= 15 is 0 Å². The lowest BCUT2D eigenvalue weighted by Crippen LogP contribution is -2.09. The SMILES string of the molecule is CS(=O)(=O)Nc1cccc(C=C2c3ccccc3CCc3cc(C#N)ccc32)c1. The highest BCUT2D eigenvalue weighted by Gasteiger charge is 2.18. The molecule has 5 heteroatoms. The number of fused-ring (bicyclic) bond motifs is 2. The van der Waals surface area contributed by atoms with Crippen LogP contribution in [0.5, 0.6) is 0 Å². The van der Waals surface area contributed by atoms with Gasteiger partial charge in [0.15, 0.2) is 0 Å². The smallest absolute Gasteiger partial charge is 0.229 e. The first kappa shape index (κ1) is 19.0. The number of hydrogen-bond donors (Lipinski definition) is 1. The van der Waals surface area contributed by atoms with Gasteiger partial charge < -0.3 is 0 Å². The van der Waals surface area contributed by atoms with Crippen molar-refractivity contribution < 1.29 is 8.42 Å². The molecule has 3 aromatic rings. The first-order valence-corrected chi connectivity index (χ1v) is 11.2. The molecular weight excluding hydrogens is 380 g/mol. The fourth-order valence-electron chi connectivity index (χ4n) is 3.78. The Morgan fingerprint density at radius 1 is 0.931 bits per heavy atom. The van der Waals surface area contributed by atoms with E-state index in [9.17, 15) is 13.7 Å². The van der Waals surface area contributed by atoms with Crippen molar-refractivity contribution in [1.82, 2.24) is 0 Å². The van der Waals surface area contributed by atoms with Gasteiger partial charge in [-0.3, -0.25) is 4.72 Å². The zero-order chi connectivity index (χ0) is 20.4. The molecule has 29 heavy (non-hydrogen) atoms. The fraction of sp³-hybridized carbons (Fsp3) is 0.125. The monoisotopic (exact) mass is 400 g/mol. The van der Waals surface area contributed by atoms with Gasteiger partial charge in [-0.05, 0) is 76.6 Å². The zero-order valence-electron chi connectivity index (χ0n) is 16.0. The number of nitriles is 1. The maximum atomic E-state index is 11.6. The third-order valence-corrected chi connectivity index (χ3v) is 5.60. The lowest BCUT2D eigenvalue weighted by Gasteiger charge is -2.13. The van der Waals surface area contributed by atoms with E-state index in [2.05, 4.69) is 29.0 Å². The van der Waals surface area contributed by atoms with Gasteiger partial charge in [-0.25, -0.2) is 8.42 Å². The minimum absolute atomic E-state index is 0.531. The molecule has 0 atom stereocenters. The van der Waals surface area contributed by atoms with Gasteiger partial charge in [-0.15, -0.1) is 0 Å². The molecule has 0 bridgehead atoms. The highest BCUT2D eigenvalue weighted by molar-refractivity contribution is 7.92. The van der Waals surface area contributed by atoms with Crippen molar-refractivity contribution in [1.29, 1.82) is 5.26 Å². The second-order valence-electron chi connectivity index (χ2n) is 7.20. The average molecular weight is 401 g/mol. The quantitative estimate of drug-likeness (QED) is 0.698. The summed E-state index contributed by atoms with van der Waals surface area (Å²) in [6.07, 6.45) is 5.01. The minimum atomic E-state index is -3.34. The summed E-state index contributed by atoms with van der Waals surface area (Å²) in [5, 5.41) is 9.29. The van der Waals surface area contributed by atoms with Crippen LogP contribution in [0.2, 0.25) is 0 Å². The Morgan fingerprint density at radius 3 is 2.48 bits per heavy atom. The van der Waals surface area contributed by atoms with E-state index in [0.717, 1.165) is 46.9 Å². The Labute approximate surface area is 171 Å². The number of aryl methyl sites for hydroxylation is 2. The Morgan fingerprint density at radius 2 is 1.69 bits per heavy atom. The van der Waals surface area contributed by atoms with Crippen molar-refractivity contribution in [2.75, 3.05) is 11.0 Å². The Kier molecular flexibility index (Phi) is 4.96. The molecule has 144 valence electrons. The first-order valence-electron chi connectivity index (χ1n) is 9.34. The van der Waals surface area contributed by atoms with Crippen LogP contribution in [-0.2, 0) is 22.9 Å². The number of nitrogens with one attached hydrogen (secondary N) is 1. The van der Waals surface area contributed by atoms with Crippen molar-refractivity contribution in [3.05, 3.63) is 100 Å². The summed E-state index contributed by atoms with van der Waals surface area (Å²) in [5.74, 6) is 0. The second kappa shape index (κ2) is 7.57. The van der Waals surface area contributed by atoms with Gasteiger partial charge in [0.05, 0.1) is 17.9 Å². The van der Waals surface area contributed by atoms with Crippen molar-refractivity contribution >= 4 is 27.4 Å². The van der Waals surface area contributed by atoms with E-state index in [-0.39, 0.29) is 0 Å². The van der Waals surface area contributed by atoms with Gasteiger partial charge >= 0.3 is 0 Å². The molecule has 0 radical (unpaired) electrons. The number of hydrogen-bond acceptors (Lipinski definition) is 3. The van der Waals surface area contributed by atoms with E-state index in [0.29, 0.717) is 11.3 Å². The van der Waals surface area contributed by atoms with Crippen molar-refractivity contribution in [3.63, 3.8) is 0 Å². The second-order valence-corrected chi connectivity index (χ2v) is 8.95. The molecule has 3 aromatic carbocycles. The highest BCUT2D eigenvalue weighted by atomic mass is 32.2. The number of sulfonamides is 1. The maximum Gasteiger partial charge on any atom is 0.229 e. The van der Waals surface area contributed by atoms with Crippen molar-refractivity contribution in [2.45, 2.75) is 12.8 Å². The van der Waals surface area contributed by atoms with Crippen LogP contribution in [0, 0.1) is 11.3 Å². The number of rotatable bonds is 3. The van der Waals surface area contributed by atoms with Gasteiger partial charge in [-0.1, -0.05) is 42.5 Å². The fourth-order valence-corrected chi connectivity index (χ4v) is 4.33. The zero-order valence-corrected chi connectivity index (χ0v) is 16.8. The molecule has 0 spiro atoms. The van der Waals surface area contributed by atoms with Gasteiger partial charge in [0.1, 0.15) is 0 Å². The van der Waals surface area contributed by atoms with Crippen LogP contribution >= 0.6 is 0 Å². The molecule has 1 aliphatic carbocycles. The summed E-state index contributed by atoms with van der Waals surface area (Å²) in [7, 11) is -3.34. The van der Waals surface area contributed by atoms with Gasteiger partial charge in [0.25, 0.3) is 0 Å². The van der Waals surface area contributed by atoms with Crippen LogP contribution in [-0.4, -0.2) is 14.7 Å². The van der Waals surface area contributed by atoms with Crippen LogP contribution < -0.4 is 4.72 Å². The van der Waals surface area contributed by atoms with Crippen LogP contribution in [0.15, 0.2) is 66.7 Å². The van der Waals surface area contributed by atoms with Gasteiger partial charge in [0, 0.05) is 5.69 Å². The number of benzene rings is 3. The third-order valence-electron chi connectivity index (χ3n) is 5.00. The van der Waals surface area contributed by atoms with Crippen molar-refractivity contribution in [2.24, 2.45) is 0 Å². The summed E-state index contributed by atoms with van der Waals surface area (Å²) in [4.78, 5) is 0. The average Bonchev–Trinajstić information content (AvgIpc) is 2.84. The Hall–Kier alpha value is -3.36. The van der Waals surface area contributed by atoms with Crippen LogP contribution in [0.25, 0.3) is 11.6 Å². The Balaban J connectivity index is 1.89. The lowest BCUT2D eigenvalue weighted by molar-refractivity contribution is 0.607. The Bertz CT molecular complexity index is 1270. The molecule has 4 rings (SSSR count). The summed E-state index contributed by atoms with van der Waals surface area (Å²) in [5.41, 5.74) is 7.86. The largest absolute Gasteiger partial charge is 0.284 e. The predicted octanol–water partition coefficient (Wildman–Crippen LogP) is 4.62. The predicted molar refractivity (Wildman–Crippen MR) is 117 cm³/mol. The molecule has 0 fully saturated rings. The summed E-state index contributed by atoms with van der Waals surface area (Å²) < 4.78 is 25.7. The molecule has 0 amide bonds. The van der Waals surface area contributed by atoms with E-state index in [1.165, 1.54) is 5.56 Å². The van der Waals surface area contributed by atoms with Crippen LogP contribution in [0.3, 0.4) is 0 Å². The standard InChI is InChI=1S/C24H20N2O2S/c1-29(27,28)26-21-7-4-5-17(14-21)15-24-22-8-3-2-6-19(22)10-11-20-13-18(16-25)9-12-23(20)24/h2-9,12-15,26H,10-11H2,1H3. The highest BCUT2D eigenvalue weighted by Crippen LogP contribution is 2.35. The molecule has 4 nitrogen and oxygen atoms in total. The summed E-state index contributed by atoms with van der Waals surface area (Å²) in [6.45, 7) is 0. The number of anilines is 1. The molecular formula is C24H20N2O2S. The molecule has 1 aliphatic rings. The molecule has 0 saturated carbocycles. The first-order chi connectivity index (χ1) is 13.9. The molecule has 0 aliphatic heterocycles. The molecule has 0 aromatic heterocycles. The minimum Gasteiger partial charge on any atom is -0.284 e. The molecule has 1 N–H and O–H groups in total. The molecule has 0 heterocycles.